The molecule has 166 valence electrons. The van der Waals surface area contributed by atoms with E-state index in [-0.39, 0.29) is 40.8 Å². The molecule has 3 fully saturated rings. The topological polar surface area (TPSA) is 101 Å². The third-order valence-corrected chi connectivity index (χ3v) is 9.39. The van der Waals surface area contributed by atoms with Gasteiger partial charge in [-0.25, -0.2) is 0 Å². The Hall–Kier alpha value is -1.53. The molecule has 0 unspecified atom stereocenters. The first-order valence-electron chi connectivity index (χ1n) is 11.2. The third kappa shape index (κ3) is 2.79. The Labute approximate surface area is 178 Å². The van der Waals surface area contributed by atoms with Crippen LogP contribution < -0.4 is 0 Å². The summed E-state index contributed by atoms with van der Waals surface area (Å²) in [6.07, 6.45) is 6.40. The number of hydrogen-bond donors (Lipinski definition) is 2. The number of Topliss-reactive ketones (excluding diaryl/α,β-unsaturated/α-hetero) is 1. The number of carbonyl (C=O) groups excluding carboxylic acids is 3. The van der Waals surface area contributed by atoms with Crippen LogP contribution in [-0.4, -0.2) is 46.1 Å². The van der Waals surface area contributed by atoms with Gasteiger partial charge in [0.2, 0.25) is 5.78 Å². The average molecular weight is 419 g/mol. The molecule has 0 aromatic rings. The van der Waals surface area contributed by atoms with Crippen molar-refractivity contribution in [1.29, 1.82) is 0 Å². The molecule has 0 aromatic heterocycles. The van der Waals surface area contributed by atoms with E-state index in [2.05, 4.69) is 6.92 Å². The largest absolute Gasteiger partial charge is 0.458 e. The molecule has 3 saturated carbocycles. The summed E-state index contributed by atoms with van der Waals surface area (Å²) >= 11 is 0. The lowest BCUT2D eigenvalue weighted by molar-refractivity contribution is -0.194. The van der Waals surface area contributed by atoms with Gasteiger partial charge in [-0.1, -0.05) is 26.8 Å². The summed E-state index contributed by atoms with van der Waals surface area (Å²) < 4.78 is 4.93. The second-order valence-electron chi connectivity index (χ2n) is 10.7. The van der Waals surface area contributed by atoms with E-state index in [0.717, 1.165) is 12.8 Å². The van der Waals surface area contributed by atoms with Gasteiger partial charge in [0, 0.05) is 18.8 Å². The van der Waals surface area contributed by atoms with Crippen LogP contribution in [0.5, 0.6) is 0 Å². The maximum absolute atomic E-state index is 13.1. The first-order chi connectivity index (χ1) is 13.9. The second kappa shape index (κ2) is 6.99. The summed E-state index contributed by atoms with van der Waals surface area (Å²) in [5.74, 6) is -0.625. The van der Waals surface area contributed by atoms with Crippen LogP contribution in [0.15, 0.2) is 12.2 Å². The smallest absolute Gasteiger partial charge is 0.303 e. The van der Waals surface area contributed by atoms with Crippen molar-refractivity contribution in [3.8, 4) is 0 Å². The zero-order chi connectivity index (χ0) is 22.1. The summed E-state index contributed by atoms with van der Waals surface area (Å²) in [6, 6.07) is 0. The quantitative estimate of drug-likeness (QED) is 0.683. The minimum Gasteiger partial charge on any atom is -0.458 e. The first kappa shape index (κ1) is 21.7. The average Bonchev–Trinajstić information content (AvgIpc) is 2.87. The van der Waals surface area contributed by atoms with Gasteiger partial charge in [0.1, 0.15) is 5.60 Å². The molecular formula is C24H34O6. The molecule has 0 aliphatic heterocycles. The highest BCUT2D eigenvalue weighted by Crippen LogP contribution is 2.68. The molecule has 0 aromatic carbocycles. The Morgan fingerprint density at radius 3 is 2.63 bits per heavy atom. The van der Waals surface area contributed by atoms with E-state index in [4.69, 9.17) is 4.74 Å². The molecule has 0 amide bonds. The fraction of sp³-hybridized carbons (Fsp3) is 0.792. The number of rotatable bonds is 3. The van der Waals surface area contributed by atoms with E-state index in [1.165, 1.54) is 6.92 Å². The molecule has 2 N–H and O–H groups in total. The van der Waals surface area contributed by atoms with Crippen LogP contribution in [0.4, 0.5) is 0 Å². The Morgan fingerprint density at radius 2 is 1.97 bits per heavy atom. The SMILES string of the molecule is CC(=O)OCC(=O)[C@@]1(O)[C@H](C)C[C@H]2[C@@H]3CC[C@@H]4CC(=O)C=C[C@]4(C)[C@@H]3[C@H](O)C[C@@]21C. The van der Waals surface area contributed by atoms with E-state index in [0.29, 0.717) is 19.3 Å². The van der Waals surface area contributed by atoms with Crippen LogP contribution in [0.1, 0.15) is 59.8 Å². The minimum absolute atomic E-state index is 0.0109. The number of aliphatic hydroxyl groups excluding tert-OH is 1. The van der Waals surface area contributed by atoms with Crippen molar-refractivity contribution in [2.24, 2.45) is 40.4 Å². The van der Waals surface area contributed by atoms with E-state index in [9.17, 15) is 24.6 Å². The predicted molar refractivity (Wildman–Crippen MR) is 109 cm³/mol. The maximum Gasteiger partial charge on any atom is 0.303 e. The molecule has 6 heteroatoms. The zero-order valence-corrected chi connectivity index (χ0v) is 18.4. The van der Waals surface area contributed by atoms with Gasteiger partial charge in [-0.05, 0) is 66.8 Å². The van der Waals surface area contributed by atoms with Crippen molar-refractivity contribution < 1.29 is 29.3 Å². The zero-order valence-electron chi connectivity index (χ0n) is 18.4. The molecule has 0 heterocycles. The molecule has 4 rings (SSSR count). The van der Waals surface area contributed by atoms with E-state index < -0.39 is 35.5 Å². The van der Waals surface area contributed by atoms with Gasteiger partial charge in [-0.3, -0.25) is 14.4 Å². The Kier molecular flexibility index (Phi) is 5.06. The van der Waals surface area contributed by atoms with Gasteiger partial charge in [0.05, 0.1) is 6.10 Å². The van der Waals surface area contributed by atoms with Crippen LogP contribution in [0.2, 0.25) is 0 Å². The number of aliphatic hydroxyl groups is 2. The van der Waals surface area contributed by atoms with Crippen LogP contribution in [-0.2, 0) is 19.1 Å². The number of fused-ring (bicyclic) bond motifs is 5. The van der Waals surface area contributed by atoms with Crippen molar-refractivity contribution in [2.75, 3.05) is 6.61 Å². The fourth-order valence-electron chi connectivity index (χ4n) is 7.96. The summed E-state index contributed by atoms with van der Waals surface area (Å²) in [7, 11) is 0. The van der Waals surface area contributed by atoms with Gasteiger partial charge >= 0.3 is 5.97 Å². The van der Waals surface area contributed by atoms with Crippen molar-refractivity contribution in [1.82, 2.24) is 0 Å². The van der Waals surface area contributed by atoms with Crippen LogP contribution in [0.3, 0.4) is 0 Å². The van der Waals surface area contributed by atoms with Crippen LogP contribution in [0.25, 0.3) is 0 Å². The Morgan fingerprint density at radius 1 is 1.27 bits per heavy atom. The number of carbonyl (C=O) groups is 3. The molecule has 30 heavy (non-hydrogen) atoms. The lowest BCUT2D eigenvalue weighted by Crippen LogP contribution is -2.63. The van der Waals surface area contributed by atoms with Gasteiger partial charge in [-0.15, -0.1) is 0 Å². The molecule has 0 spiro atoms. The number of hydrogen-bond acceptors (Lipinski definition) is 6. The molecule has 4 aliphatic carbocycles. The highest BCUT2D eigenvalue weighted by Gasteiger charge is 2.70. The molecule has 4 aliphatic rings. The third-order valence-electron chi connectivity index (χ3n) is 9.39. The number of esters is 1. The van der Waals surface area contributed by atoms with Gasteiger partial charge in [0.25, 0.3) is 0 Å². The Bertz CT molecular complexity index is 804. The van der Waals surface area contributed by atoms with Crippen LogP contribution >= 0.6 is 0 Å². The van der Waals surface area contributed by atoms with Gasteiger partial charge in [0.15, 0.2) is 12.4 Å². The van der Waals surface area contributed by atoms with E-state index in [1.807, 2.05) is 19.9 Å². The minimum atomic E-state index is -1.63. The summed E-state index contributed by atoms with van der Waals surface area (Å²) in [5, 5.41) is 23.1. The van der Waals surface area contributed by atoms with Gasteiger partial charge < -0.3 is 14.9 Å². The highest BCUT2D eigenvalue weighted by atomic mass is 16.5. The number of allylic oxidation sites excluding steroid dienone is 2. The molecule has 0 saturated heterocycles. The molecule has 9 atom stereocenters. The van der Waals surface area contributed by atoms with E-state index >= 15 is 0 Å². The highest BCUT2D eigenvalue weighted by molar-refractivity contribution is 5.92. The monoisotopic (exact) mass is 418 g/mol. The molecule has 0 bridgehead atoms. The normalized spacial score (nSPS) is 49.7. The maximum atomic E-state index is 13.1. The van der Waals surface area contributed by atoms with Crippen molar-refractivity contribution >= 4 is 17.5 Å². The van der Waals surface area contributed by atoms with Crippen molar-refractivity contribution in [3.63, 3.8) is 0 Å². The van der Waals surface area contributed by atoms with E-state index in [1.54, 1.807) is 6.08 Å². The summed E-state index contributed by atoms with van der Waals surface area (Å²) in [5.41, 5.74) is -2.65. The summed E-state index contributed by atoms with van der Waals surface area (Å²) in [6.45, 7) is 6.80. The van der Waals surface area contributed by atoms with Gasteiger partial charge in [-0.2, -0.15) is 0 Å². The van der Waals surface area contributed by atoms with Crippen molar-refractivity contribution in [2.45, 2.75) is 71.5 Å². The standard InChI is InChI=1S/C24H34O6/c1-13-9-18-17-6-5-15-10-16(26)7-8-22(15,3)21(17)19(27)11-23(18,4)24(13,29)20(28)12-30-14(2)25/h7-8,13,15,17-19,21,27,29H,5-6,9-12H2,1-4H3/t13-,15-,17+,18+,19-,21+,22+,23+,24+/m1/s1. The fourth-order valence-corrected chi connectivity index (χ4v) is 7.96. The van der Waals surface area contributed by atoms with Crippen molar-refractivity contribution in [3.05, 3.63) is 12.2 Å². The lowest BCUT2D eigenvalue weighted by Gasteiger charge is -2.61. The molecular weight excluding hydrogens is 384 g/mol. The number of ether oxygens (including phenoxy) is 1. The lowest BCUT2D eigenvalue weighted by atomic mass is 9.44. The number of ketones is 2. The predicted octanol–water partition coefficient (Wildman–Crippen LogP) is 2.45. The van der Waals surface area contributed by atoms with Crippen LogP contribution in [0, 0.1) is 40.4 Å². The molecule has 6 nitrogen and oxygen atoms in total. The first-order valence-corrected chi connectivity index (χ1v) is 11.2. The second-order valence-corrected chi connectivity index (χ2v) is 10.7. The molecule has 0 radical (unpaired) electrons. The Balaban J connectivity index is 1.69. The summed E-state index contributed by atoms with van der Waals surface area (Å²) in [4.78, 5) is 36.3.